The molecule has 1 amide bonds. The summed E-state index contributed by atoms with van der Waals surface area (Å²) >= 11 is 1.40. The molecule has 0 saturated heterocycles. The molecule has 166 valence electrons. The van der Waals surface area contributed by atoms with Crippen molar-refractivity contribution >= 4 is 43.0 Å². The first-order chi connectivity index (χ1) is 14.9. The molecule has 0 fully saturated rings. The Morgan fingerprint density at radius 3 is 2.55 bits per heavy atom. The Morgan fingerprint density at radius 2 is 1.87 bits per heavy atom. The average molecular weight is 461 g/mol. The monoisotopic (exact) mass is 460 g/mol. The van der Waals surface area contributed by atoms with Gasteiger partial charge in [0.25, 0.3) is 15.9 Å². The Bertz CT molecular complexity index is 1140. The van der Waals surface area contributed by atoms with Gasteiger partial charge >= 0.3 is 0 Å². The number of amides is 1. The number of anilines is 1. The van der Waals surface area contributed by atoms with E-state index < -0.39 is 10.0 Å². The first-order valence-electron chi connectivity index (χ1n) is 10.3. The van der Waals surface area contributed by atoms with Crippen molar-refractivity contribution in [1.82, 2.24) is 5.32 Å². The fourth-order valence-electron chi connectivity index (χ4n) is 3.23. The molecule has 1 heterocycles. The summed E-state index contributed by atoms with van der Waals surface area (Å²) in [5, 5.41) is 3.74. The van der Waals surface area contributed by atoms with Gasteiger partial charge in [0.1, 0.15) is 0 Å². The second kappa shape index (κ2) is 10.3. The van der Waals surface area contributed by atoms with Crippen LogP contribution in [0.25, 0.3) is 10.1 Å². The first-order valence-corrected chi connectivity index (χ1v) is 12.5. The molecule has 0 bridgehead atoms. The highest BCUT2D eigenvalue weighted by Gasteiger charge is 2.24. The van der Waals surface area contributed by atoms with E-state index in [2.05, 4.69) is 5.32 Å². The number of methoxy groups -OCH3 is 1. The number of sulfonamides is 1. The molecule has 6 nitrogen and oxygen atoms in total. The van der Waals surface area contributed by atoms with Gasteiger partial charge in [0.2, 0.25) is 0 Å². The highest BCUT2D eigenvalue weighted by Crippen LogP contribution is 2.32. The van der Waals surface area contributed by atoms with Gasteiger partial charge in [-0.15, -0.1) is 11.3 Å². The molecular weight excluding hydrogens is 432 g/mol. The number of hydrogen-bond acceptors (Lipinski definition) is 5. The van der Waals surface area contributed by atoms with Gasteiger partial charge in [-0.2, -0.15) is 0 Å². The van der Waals surface area contributed by atoms with Crippen LogP contribution < -0.4 is 9.62 Å². The van der Waals surface area contributed by atoms with Gasteiger partial charge in [-0.25, -0.2) is 8.42 Å². The van der Waals surface area contributed by atoms with Crippen molar-refractivity contribution in [1.29, 1.82) is 0 Å². The molecule has 3 rings (SSSR count). The Morgan fingerprint density at radius 1 is 1.13 bits per heavy atom. The van der Waals surface area contributed by atoms with Gasteiger partial charge in [-0.1, -0.05) is 24.6 Å². The lowest BCUT2D eigenvalue weighted by molar-refractivity contribution is 0.0952. The van der Waals surface area contributed by atoms with Crippen LogP contribution in [0, 0.1) is 6.92 Å². The Labute approximate surface area is 187 Å². The molecule has 8 heteroatoms. The van der Waals surface area contributed by atoms with Gasteiger partial charge in [0.05, 0.1) is 15.5 Å². The molecule has 0 radical (unpaired) electrons. The molecule has 1 aromatic heterocycles. The highest BCUT2D eigenvalue weighted by molar-refractivity contribution is 7.92. The SMILES string of the molecule is CCCN(c1ccc2sc(C(=O)NCCCOC)cc2c1)S(=O)(=O)c1ccc(C)cc1. The van der Waals surface area contributed by atoms with Crippen LogP contribution >= 0.6 is 11.3 Å². The lowest BCUT2D eigenvalue weighted by Crippen LogP contribution is -2.31. The molecule has 0 atom stereocenters. The number of hydrogen-bond donors (Lipinski definition) is 1. The van der Waals surface area contributed by atoms with Crippen molar-refractivity contribution in [3.05, 3.63) is 59.0 Å². The predicted octanol–water partition coefficient (Wildman–Crippen LogP) is 4.58. The molecule has 0 aliphatic carbocycles. The zero-order chi connectivity index (χ0) is 22.4. The van der Waals surface area contributed by atoms with E-state index in [0.717, 1.165) is 22.1 Å². The predicted molar refractivity (Wildman–Crippen MR) is 127 cm³/mol. The van der Waals surface area contributed by atoms with Crippen LogP contribution in [0.15, 0.2) is 53.4 Å². The number of fused-ring (bicyclic) bond motifs is 1. The number of ether oxygens (including phenoxy) is 1. The van der Waals surface area contributed by atoms with Crippen molar-refractivity contribution in [3.8, 4) is 0 Å². The maximum atomic E-state index is 13.3. The quantitative estimate of drug-likeness (QED) is 0.449. The van der Waals surface area contributed by atoms with Crippen molar-refractivity contribution < 1.29 is 17.9 Å². The van der Waals surface area contributed by atoms with E-state index in [0.29, 0.717) is 36.7 Å². The molecule has 0 aliphatic heterocycles. The van der Waals surface area contributed by atoms with E-state index >= 15 is 0 Å². The molecule has 3 aromatic rings. The zero-order valence-corrected chi connectivity index (χ0v) is 19.7. The minimum absolute atomic E-state index is 0.128. The third-order valence-corrected chi connectivity index (χ3v) is 7.81. The van der Waals surface area contributed by atoms with Gasteiger partial charge in [0, 0.05) is 31.5 Å². The summed E-state index contributed by atoms with van der Waals surface area (Å²) < 4.78 is 34.0. The van der Waals surface area contributed by atoms with E-state index in [4.69, 9.17) is 4.74 Å². The Hall–Kier alpha value is -2.42. The van der Waals surface area contributed by atoms with Gasteiger partial charge in [-0.05, 0) is 61.5 Å². The Kier molecular flexibility index (Phi) is 7.69. The Balaban J connectivity index is 1.89. The maximum absolute atomic E-state index is 13.3. The lowest BCUT2D eigenvalue weighted by atomic mass is 10.2. The summed E-state index contributed by atoms with van der Waals surface area (Å²) in [7, 11) is -2.05. The summed E-state index contributed by atoms with van der Waals surface area (Å²) in [4.78, 5) is 13.3. The van der Waals surface area contributed by atoms with Crippen LogP contribution in [0.1, 0.15) is 35.0 Å². The highest BCUT2D eigenvalue weighted by atomic mass is 32.2. The zero-order valence-electron chi connectivity index (χ0n) is 18.1. The van der Waals surface area contributed by atoms with Crippen LogP contribution in [0.2, 0.25) is 0 Å². The van der Waals surface area contributed by atoms with E-state index in [9.17, 15) is 13.2 Å². The van der Waals surface area contributed by atoms with Crippen molar-refractivity contribution in [2.45, 2.75) is 31.6 Å². The third-order valence-electron chi connectivity index (χ3n) is 4.86. The molecular formula is C23H28N2O4S2. The minimum atomic E-state index is -3.68. The number of carbonyl (C=O) groups excluding carboxylic acids is 1. The molecule has 2 aromatic carbocycles. The van der Waals surface area contributed by atoms with Gasteiger partial charge in [0.15, 0.2) is 0 Å². The van der Waals surface area contributed by atoms with Crippen LogP contribution in [0.3, 0.4) is 0 Å². The number of rotatable bonds is 10. The lowest BCUT2D eigenvalue weighted by Gasteiger charge is -2.24. The maximum Gasteiger partial charge on any atom is 0.264 e. The van der Waals surface area contributed by atoms with Crippen LogP contribution in [-0.4, -0.2) is 41.1 Å². The summed E-state index contributed by atoms with van der Waals surface area (Å²) in [6, 6.07) is 14.2. The van der Waals surface area contributed by atoms with Crippen LogP contribution in [-0.2, 0) is 14.8 Å². The second-order valence-electron chi connectivity index (χ2n) is 7.33. The van der Waals surface area contributed by atoms with Gasteiger partial charge in [-0.3, -0.25) is 9.10 Å². The molecule has 31 heavy (non-hydrogen) atoms. The number of nitrogens with one attached hydrogen (secondary N) is 1. The van der Waals surface area contributed by atoms with Crippen molar-refractivity contribution in [2.75, 3.05) is 31.1 Å². The van der Waals surface area contributed by atoms with Crippen molar-refractivity contribution in [2.24, 2.45) is 0 Å². The smallest absolute Gasteiger partial charge is 0.264 e. The fourth-order valence-corrected chi connectivity index (χ4v) is 5.74. The molecule has 0 aliphatic rings. The fraction of sp³-hybridized carbons (Fsp3) is 0.348. The third kappa shape index (κ3) is 5.44. The van der Waals surface area contributed by atoms with E-state index in [1.54, 1.807) is 37.4 Å². The molecule has 1 N–H and O–H groups in total. The largest absolute Gasteiger partial charge is 0.385 e. The standard InChI is InChI=1S/C23H28N2O4S2/c1-4-13-25(31(27,28)20-9-6-17(2)7-10-20)19-8-11-21-18(15-19)16-22(30-21)23(26)24-12-5-14-29-3/h6-11,15-16H,4-5,12-14H2,1-3H3,(H,24,26). The number of nitrogens with zero attached hydrogens (tertiary/aromatic N) is 1. The number of carbonyl (C=O) groups is 1. The molecule has 0 spiro atoms. The normalized spacial score (nSPS) is 11.6. The number of benzene rings is 2. The van der Waals surface area contributed by atoms with E-state index in [-0.39, 0.29) is 10.8 Å². The van der Waals surface area contributed by atoms with Crippen molar-refractivity contribution in [3.63, 3.8) is 0 Å². The first kappa shape index (κ1) is 23.2. The molecule has 0 unspecified atom stereocenters. The molecule has 0 saturated carbocycles. The number of aryl methyl sites for hydroxylation is 1. The van der Waals surface area contributed by atoms with Gasteiger partial charge < -0.3 is 10.1 Å². The topological polar surface area (TPSA) is 75.7 Å². The summed E-state index contributed by atoms with van der Waals surface area (Å²) in [6.45, 7) is 5.39. The minimum Gasteiger partial charge on any atom is -0.385 e. The second-order valence-corrected chi connectivity index (χ2v) is 10.3. The summed E-state index contributed by atoms with van der Waals surface area (Å²) in [5.74, 6) is -0.128. The number of thiophene rings is 1. The summed E-state index contributed by atoms with van der Waals surface area (Å²) in [6.07, 6.45) is 1.43. The summed E-state index contributed by atoms with van der Waals surface area (Å²) in [5.41, 5.74) is 1.61. The average Bonchev–Trinajstić information content (AvgIpc) is 3.18. The van der Waals surface area contributed by atoms with Crippen LogP contribution in [0.4, 0.5) is 5.69 Å². The van der Waals surface area contributed by atoms with Crippen LogP contribution in [0.5, 0.6) is 0 Å². The van der Waals surface area contributed by atoms with E-state index in [1.807, 2.05) is 32.0 Å². The van der Waals surface area contributed by atoms with E-state index in [1.165, 1.54) is 15.6 Å².